The minimum atomic E-state index is -0.858. The van der Waals surface area contributed by atoms with Gasteiger partial charge in [-0.2, -0.15) is 0 Å². The van der Waals surface area contributed by atoms with Crippen molar-refractivity contribution in [3.8, 4) is 0 Å². The van der Waals surface area contributed by atoms with E-state index in [0.29, 0.717) is 18.9 Å². The first-order valence-electron chi connectivity index (χ1n) is 7.85. The van der Waals surface area contributed by atoms with E-state index in [1.165, 1.54) is 0 Å². The molecular weight excluding hydrogens is 258 g/mol. The summed E-state index contributed by atoms with van der Waals surface area (Å²) in [6.07, 6.45) is 7.21. The van der Waals surface area contributed by atoms with Crippen molar-refractivity contribution in [2.45, 2.75) is 69.6 Å². The Balaban J connectivity index is 1.79. The Morgan fingerprint density at radius 1 is 1.05 bits per heavy atom. The number of fused-ring (bicyclic) bond motifs is 1. The Labute approximate surface area is 119 Å². The van der Waals surface area contributed by atoms with Crippen molar-refractivity contribution in [3.63, 3.8) is 0 Å². The minimum Gasteiger partial charge on any atom is -0.480 e. The van der Waals surface area contributed by atoms with Crippen LogP contribution < -0.4 is 0 Å². The standard InChI is InChI=1S/C15H23NO4/c17-14(13-7-3-4-8-20-13)16-11-6-2-1-5-10(11)9-12(16)15(18)19/h10-13H,1-9H2,(H,18,19). The number of likely N-dealkylation sites (tertiary alicyclic amines) is 1. The third-order valence-electron chi connectivity index (χ3n) is 5.08. The zero-order chi connectivity index (χ0) is 14.1. The van der Waals surface area contributed by atoms with Gasteiger partial charge in [0.1, 0.15) is 12.1 Å². The molecule has 5 heteroatoms. The Bertz CT molecular complexity index is 391. The fraction of sp³-hybridized carbons (Fsp3) is 0.867. The van der Waals surface area contributed by atoms with E-state index in [1.807, 2.05) is 0 Å². The van der Waals surface area contributed by atoms with E-state index in [9.17, 15) is 14.7 Å². The molecular formula is C15H23NO4. The molecule has 4 unspecified atom stereocenters. The Morgan fingerprint density at radius 3 is 2.50 bits per heavy atom. The quantitative estimate of drug-likeness (QED) is 0.838. The SMILES string of the molecule is O=C(O)C1CC2CCCCC2N1C(=O)C1CCCCO1. The lowest BCUT2D eigenvalue weighted by atomic mass is 9.84. The molecule has 4 atom stereocenters. The van der Waals surface area contributed by atoms with Crippen LogP contribution in [-0.4, -0.2) is 46.7 Å². The largest absolute Gasteiger partial charge is 0.480 e. The highest BCUT2D eigenvalue weighted by molar-refractivity contribution is 5.87. The number of ether oxygens (including phenoxy) is 1. The van der Waals surface area contributed by atoms with Gasteiger partial charge in [0.15, 0.2) is 0 Å². The number of rotatable bonds is 2. The van der Waals surface area contributed by atoms with Crippen molar-refractivity contribution in [2.24, 2.45) is 5.92 Å². The van der Waals surface area contributed by atoms with Crippen LogP contribution in [0.15, 0.2) is 0 Å². The van der Waals surface area contributed by atoms with Crippen LogP contribution in [0.25, 0.3) is 0 Å². The van der Waals surface area contributed by atoms with Crippen molar-refractivity contribution in [3.05, 3.63) is 0 Å². The highest BCUT2D eigenvalue weighted by atomic mass is 16.5. The second-order valence-corrected chi connectivity index (χ2v) is 6.30. The molecule has 1 N–H and O–H groups in total. The Kier molecular flexibility index (Phi) is 3.96. The van der Waals surface area contributed by atoms with E-state index in [-0.39, 0.29) is 11.9 Å². The maximum Gasteiger partial charge on any atom is 0.326 e. The molecule has 0 spiro atoms. The number of carboxylic acids is 1. The van der Waals surface area contributed by atoms with Crippen LogP contribution in [0.2, 0.25) is 0 Å². The van der Waals surface area contributed by atoms with Crippen molar-refractivity contribution < 1.29 is 19.4 Å². The molecule has 0 radical (unpaired) electrons. The van der Waals surface area contributed by atoms with E-state index >= 15 is 0 Å². The topological polar surface area (TPSA) is 66.8 Å². The van der Waals surface area contributed by atoms with Crippen LogP contribution in [-0.2, 0) is 14.3 Å². The molecule has 5 nitrogen and oxygen atoms in total. The zero-order valence-electron chi connectivity index (χ0n) is 11.8. The summed E-state index contributed by atoms with van der Waals surface area (Å²) < 4.78 is 5.58. The lowest BCUT2D eigenvalue weighted by molar-refractivity contribution is -0.158. The van der Waals surface area contributed by atoms with Crippen LogP contribution >= 0.6 is 0 Å². The molecule has 0 aromatic rings. The molecule has 1 aliphatic carbocycles. The van der Waals surface area contributed by atoms with Gasteiger partial charge in [0.2, 0.25) is 0 Å². The lowest BCUT2D eigenvalue weighted by Gasteiger charge is -2.36. The number of aliphatic carboxylic acids is 1. The molecule has 3 aliphatic rings. The second-order valence-electron chi connectivity index (χ2n) is 6.30. The monoisotopic (exact) mass is 281 g/mol. The molecule has 3 fully saturated rings. The van der Waals surface area contributed by atoms with E-state index in [0.717, 1.165) is 44.9 Å². The molecule has 0 bridgehead atoms. The van der Waals surface area contributed by atoms with Crippen molar-refractivity contribution >= 4 is 11.9 Å². The van der Waals surface area contributed by atoms with Crippen LogP contribution in [0.5, 0.6) is 0 Å². The number of carboxylic acid groups (broad SMARTS) is 1. The van der Waals surface area contributed by atoms with Crippen LogP contribution in [0.3, 0.4) is 0 Å². The van der Waals surface area contributed by atoms with Gasteiger partial charge in [-0.3, -0.25) is 4.79 Å². The Morgan fingerprint density at radius 2 is 1.80 bits per heavy atom. The number of hydrogen-bond donors (Lipinski definition) is 1. The second kappa shape index (κ2) is 5.72. The average Bonchev–Trinajstić information content (AvgIpc) is 2.87. The summed E-state index contributed by atoms with van der Waals surface area (Å²) in [4.78, 5) is 25.9. The fourth-order valence-corrected chi connectivity index (χ4v) is 4.10. The number of nitrogens with zero attached hydrogens (tertiary/aromatic N) is 1. The number of hydrogen-bond acceptors (Lipinski definition) is 3. The molecule has 112 valence electrons. The molecule has 2 aliphatic heterocycles. The van der Waals surface area contributed by atoms with Crippen LogP contribution in [0.1, 0.15) is 51.4 Å². The first-order chi connectivity index (χ1) is 9.68. The van der Waals surface area contributed by atoms with Gasteiger partial charge in [-0.25, -0.2) is 4.79 Å². The van der Waals surface area contributed by atoms with Gasteiger partial charge < -0.3 is 14.7 Å². The predicted octanol–water partition coefficient (Wildman–Crippen LogP) is 1.80. The van der Waals surface area contributed by atoms with E-state index in [4.69, 9.17) is 4.74 Å². The predicted molar refractivity (Wildman–Crippen MR) is 72.2 cm³/mol. The van der Waals surface area contributed by atoms with E-state index < -0.39 is 18.1 Å². The molecule has 2 saturated heterocycles. The highest BCUT2D eigenvalue weighted by Gasteiger charge is 2.49. The lowest BCUT2D eigenvalue weighted by Crippen LogP contribution is -2.51. The van der Waals surface area contributed by atoms with Gasteiger partial charge >= 0.3 is 5.97 Å². The zero-order valence-corrected chi connectivity index (χ0v) is 11.8. The molecule has 1 amide bonds. The summed E-state index contributed by atoms with van der Waals surface area (Å²) in [5.41, 5.74) is 0. The summed E-state index contributed by atoms with van der Waals surface area (Å²) in [6.45, 7) is 0.621. The number of carbonyl (C=O) groups excluding carboxylic acids is 1. The fourth-order valence-electron chi connectivity index (χ4n) is 4.10. The number of amides is 1. The maximum atomic E-state index is 12.7. The normalized spacial score (nSPS) is 37.5. The van der Waals surface area contributed by atoms with Gasteiger partial charge in [-0.05, 0) is 44.4 Å². The first kappa shape index (κ1) is 13.9. The van der Waals surface area contributed by atoms with Crippen molar-refractivity contribution in [2.75, 3.05) is 6.61 Å². The van der Waals surface area contributed by atoms with E-state index in [2.05, 4.69) is 0 Å². The summed E-state index contributed by atoms with van der Waals surface area (Å²) in [7, 11) is 0. The van der Waals surface area contributed by atoms with Crippen molar-refractivity contribution in [1.29, 1.82) is 0 Å². The summed E-state index contributed by atoms with van der Waals surface area (Å²) in [6, 6.07) is -0.510. The Hall–Kier alpha value is -1.10. The third-order valence-corrected chi connectivity index (χ3v) is 5.08. The number of carbonyl (C=O) groups is 2. The van der Waals surface area contributed by atoms with Crippen LogP contribution in [0.4, 0.5) is 0 Å². The van der Waals surface area contributed by atoms with Crippen molar-refractivity contribution in [1.82, 2.24) is 4.90 Å². The molecule has 3 rings (SSSR count). The molecule has 1 saturated carbocycles. The van der Waals surface area contributed by atoms with Crippen LogP contribution in [0, 0.1) is 5.92 Å². The molecule has 20 heavy (non-hydrogen) atoms. The molecule has 0 aromatic heterocycles. The van der Waals surface area contributed by atoms with Gasteiger partial charge in [-0.15, -0.1) is 0 Å². The summed E-state index contributed by atoms with van der Waals surface area (Å²) in [5, 5.41) is 9.44. The maximum absolute atomic E-state index is 12.7. The minimum absolute atomic E-state index is 0.0773. The first-order valence-corrected chi connectivity index (χ1v) is 7.85. The van der Waals surface area contributed by atoms with Gasteiger partial charge in [0.25, 0.3) is 5.91 Å². The highest BCUT2D eigenvalue weighted by Crippen LogP contribution is 2.40. The van der Waals surface area contributed by atoms with Gasteiger partial charge in [0.05, 0.1) is 0 Å². The third kappa shape index (κ3) is 2.43. The summed E-state index contributed by atoms with van der Waals surface area (Å²) in [5.74, 6) is -0.563. The average molecular weight is 281 g/mol. The molecule has 0 aromatic carbocycles. The van der Waals surface area contributed by atoms with Gasteiger partial charge in [-0.1, -0.05) is 12.8 Å². The summed E-state index contributed by atoms with van der Waals surface area (Å²) >= 11 is 0. The van der Waals surface area contributed by atoms with E-state index in [1.54, 1.807) is 4.90 Å². The molecule has 2 heterocycles. The van der Waals surface area contributed by atoms with Gasteiger partial charge in [0, 0.05) is 12.6 Å². The smallest absolute Gasteiger partial charge is 0.326 e.